The van der Waals surface area contributed by atoms with E-state index in [4.69, 9.17) is 14.7 Å². The lowest BCUT2D eigenvalue weighted by molar-refractivity contribution is -0.137. The molecule has 25 heavy (non-hydrogen) atoms. The maximum atomic E-state index is 12.2. The van der Waals surface area contributed by atoms with Gasteiger partial charge in [0, 0.05) is 11.8 Å². The molecule has 0 radical (unpaired) electrons. The van der Waals surface area contributed by atoms with Crippen LogP contribution in [0.3, 0.4) is 0 Å². The Morgan fingerprint density at radius 3 is 2.64 bits per heavy atom. The first kappa shape index (κ1) is 20.6. The number of amides is 1. The number of hydrogen-bond acceptors (Lipinski definition) is 8. The normalized spacial score (nSPS) is 11.5. The molecule has 0 spiro atoms. The molecule has 0 aliphatic carbocycles. The number of thioether (sulfide) groups is 1. The highest BCUT2D eigenvalue weighted by atomic mass is 32.2. The van der Waals surface area contributed by atoms with Crippen molar-refractivity contribution in [2.24, 2.45) is 5.73 Å². The molecule has 3 N–H and O–H groups in total. The molecule has 0 aliphatic heterocycles. The van der Waals surface area contributed by atoms with Crippen LogP contribution in [-0.4, -0.2) is 33.2 Å². The molecule has 1 aromatic carbocycles. The molecule has 0 heterocycles. The van der Waals surface area contributed by atoms with E-state index in [2.05, 4.69) is 11.9 Å². The van der Waals surface area contributed by atoms with Gasteiger partial charge in [0.2, 0.25) is 0 Å². The Hall–Kier alpha value is -2.46. The van der Waals surface area contributed by atoms with Gasteiger partial charge in [-0.05, 0) is 25.1 Å². The van der Waals surface area contributed by atoms with Gasteiger partial charge in [-0.3, -0.25) is 4.79 Å². The maximum absolute atomic E-state index is 12.2. The van der Waals surface area contributed by atoms with Gasteiger partial charge in [-0.15, -0.1) is 0 Å². The molecule has 1 amide bonds. The standard InChI is InChI=1S/C15H18N2O6S2/c1-4-22-15(19)13(9-16)24-10(2)17-14(18)11-6-5-7-12(8-11)23-25(3,20)21/h5-9H,2,4,16H2,1,3H3,(H,17,18)/b13-9-. The van der Waals surface area contributed by atoms with Gasteiger partial charge >= 0.3 is 16.1 Å². The Morgan fingerprint density at radius 2 is 2.08 bits per heavy atom. The van der Waals surface area contributed by atoms with Crippen molar-refractivity contribution in [3.05, 3.63) is 52.5 Å². The summed E-state index contributed by atoms with van der Waals surface area (Å²) >= 11 is 0.838. The summed E-state index contributed by atoms with van der Waals surface area (Å²) in [5.41, 5.74) is 5.51. The van der Waals surface area contributed by atoms with Gasteiger partial charge in [-0.25, -0.2) is 4.79 Å². The van der Waals surface area contributed by atoms with Crippen molar-refractivity contribution in [3.8, 4) is 5.75 Å². The molecule has 8 nitrogen and oxygen atoms in total. The average molecular weight is 386 g/mol. The molecule has 0 saturated carbocycles. The van der Waals surface area contributed by atoms with Crippen LogP contribution < -0.4 is 15.2 Å². The summed E-state index contributed by atoms with van der Waals surface area (Å²) in [6.07, 6.45) is 1.95. The number of carbonyl (C=O) groups is 2. The molecular formula is C15H18N2O6S2. The number of esters is 1. The third-order valence-corrected chi connectivity index (χ3v) is 3.82. The fraction of sp³-hybridized carbons (Fsp3) is 0.200. The van der Waals surface area contributed by atoms with Crippen molar-refractivity contribution in [3.63, 3.8) is 0 Å². The van der Waals surface area contributed by atoms with Gasteiger partial charge in [0.05, 0.1) is 17.9 Å². The zero-order chi connectivity index (χ0) is 19.0. The number of carbonyl (C=O) groups excluding carboxylic acids is 2. The highest BCUT2D eigenvalue weighted by Crippen LogP contribution is 2.23. The smallest absolute Gasteiger partial charge is 0.346 e. The first-order valence-corrected chi connectivity index (χ1v) is 9.56. The Morgan fingerprint density at radius 1 is 1.40 bits per heavy atom. The van der Waals surface area contributed by atoms with Crippen molar-refractivity contribution in [1.29, 1.82) is 0 Å². The quantitative estimate of drug-likeness (QED) is 0.389. The molecule has 0 aliphatic rings. The van der Waals surface area contributed by atoms with Gasteiger partial charge in [0.15, 0.2) is 0 Å². The largest absolute Gasteiger partial charge is 0.462 e. The minimum Gasteiger partial charge on any atom is -0.462 e. The van der Waals surface area contributed by atoms with Crippen LogP contribution >= 0.6 is 11.8 Å². The Balaban J connectivity index is 2.77. The molecule has 0 bridgehead atoms. The monoisotopic (exact) mass is 386 g/mol. The summed E-state index contributed by atoms with van der Waals surface area (Å²) in [5.74, 6) is -1.19. The van der Waals surface area contributed by atoms with Gasteiger partial charge < -0.3 is 20.0 Å². The molecule has 0 fully saturated rings. The number of nitrogens with two attached hydrogens (primary N) is 1. The van der Waals surface area contributed by atoms with Crippen LogP contribution in [0.2, 0.25) is 0 Å². The van der Waals surface area contributed by atoms with Crippen LogP contribution in [-0.2, 0) is 19.6 Å². The summed E-state index contributed by atoms with van der Waals surface area (Å²) in [4.78, 5) is 23.9. The summed E-state index contributed by atoms with van der Waals surface area (Å²) in [6, 6.07) is 5.60. The zero-order valence-corrected chi connectivity index (χ0v) is 15.3. The molecule has 1 aromatic rings. The summed E-state index contributed by atoms with van der Waals surface area (Å²) in [5, 5.41) is 2.61. The van der Waals surface area contributed by atoms with E-state index in [0.29, 0.717) is 0 Å². The van der Waals surface area contributed by atoms with Crippen LogP contribution in [0.4, 0.5) is 0 Å². The first-order chi connectivity index (χ1) is 11.7. The second-order valence-corrected chi connectivity index (χ2v) is 7.26. The molecule has 0 saturated heterocycles. The van der Waals surface area contributed by atoms with Crippen molar-refractivity contribution < 1.29 is 26.9 Å². The molecule has 0 atom stereocenters. The van der Waals surface area contributed by atoms with Crippen molar-refractivity contribution in [1.82, 2.24) is 5.32 Å². The maximum Gasteiger partial charge on any atom is 0.346 e. The van der Waals surface area contributed by atoms with E-state index in [9.17, 15) is 18.0 Å². The lowest BCUT2D eigenvalue weighted by Crippen LogP contribution is -2.21. The zero-order valence-electron chi connectivity index (χ0n) is 13.6. The van der Waals surface area contributed by atoms with E-state index < -0.39 is 22.0 Å². The summed E-state index contributed by atoms with van der Waals surface area (Å²) in [7, 11) is -3.70. The predicted molar refractivity (Wildman–Crippen MR) is 95.0 cm³/mol. The molecular weight excluding hydrogens is 368 g/mol. The van der Waals surface area contributed by atoms with Crippen LogP contribution in [0.1, 0.15) is 17.3 Å². The third-order valence-electron chi connectivity index (χ3n) is 2.46. The van der Waals surface area contributed by atoms with E-state index in [1.54, 1.807) is 6.92 Å². The van der Waals surface area contributed by atoms with Crippen molar-refractivity contribution in [2.75, 3.05) is 12.9 Å². The SMILES string of the molecule is C=C(NC(=O)c1cccc(OS(C)(=O)=O)c1)S/C(=C\N)C(=O)OCC. The number of rotatable bonds is 8. The van der Waals surface area contributed by atoms with Crippen LogP contribution in [0.5, 0.6) is 5.75 Å². The molecule has 0 aromatic heterocycles. The van der Waals surface area contributed by atoms with Crippen LogP contribution in [0.25, 0.3) is 0 Å². The minimum absolute atomic E-state index is 0.00230. The third kappa shape index (κ3) is 7.31. The predicted octanol–water partition coefficient (Wildman–Crippen LogP) is 1.32. The summed E-state index contributed by atoms with van der Waals surface area (Å²) in [6.45, 7) is 5.47. The van der Waals surface area contributed by atoms with E-state index in [0.717, 1.165) is 24.2 Å². The Bertz CT molecular complexity index is 802. The molecule has 0 unspecified atom stereocenters. The van der Waals surface area contributed by atoms with E-state index in [1.165, 1.54) is 24.3 Å². The topological polar surface area (TPSA) is 125 Å². The van der Waals surface area contributed by atoms with E-state index in [-0.39, 0.29) is 27.9 Å². The Labute approximate surface area is 150 Å². The van der Waals surface area contributed by atoms with Crippen molar-refractivity contribution in [2.45, 2.75) is 6.92 Å². The average Bonchev–Trinajstić information content (AvgIpc) is 2.51. The number of nitrogens with one attached hydrogen (secondary N) is 1. The summed E-state index contributed by atoms with van der Waals surface area (Å²) < 4.78 is 31.8. The van der Waals surface area contributed by atoms with Gasteiger partial charge in [-0.2, -0.15) is 8.42 Å². The van der Waals surface area contributed by atoms with Gasteiger partial charge in [0.25, 0.3) is 5.91 Å². The van der Waals surface area contributed by atoms with Gasteiger partial charge in [-0.1, -0.05) is 24.4 Å². The van der Waals surface area contributed by atoms with E-state index >= 15 is 0 Å². The first-order valence-electron chi connectivity index (χ1n) is 6.93. The van der Waals surface area contributed by atoms with Crippen LogP contribution in [0, 0.1) is 0 Å². The number of hydrogen-bond donors (Lipinski definition) is 2. The van der Waals surface area contributed by atoms with Crippen molar-refractivity contribution >= 4 is 33.8 Å². The van der Waals surface area contributed by atoms with E-state index in [1.807, 2.05) is 0 Å². The highest BCUT2D eigenvalue weighted by Gasteiger charge is 2.15. The second-order valence-electron chi connectivity index (χ2n) is 4.55. The molecule has 1 rings (SSSR count). The fourth-order valence-electron chi connectivity index (χ4n) is 1.57. The minimum atomic E-state index is -3.70. The lowest BCUT2D eigenvalue weighted by atomic mass is 10.2. The highest BCUT2D eigenvalue weighted by molar-refractivity contribution is 8.07. The molecule has 136 valence electrons. The fourth-order valence-corrected chi connectivity index (χ4v) is 2.64. The molecule has 10 heteroatoms. The van der Waals surface area contributed by atoms with Crippen LogP contribution in [0.15, 0.2) is 47.0 Å². The second kappa shape index (κ2) is 9.14. The lowest BCUT2D eigenvalue weighted by Gasteiger charge is -2.10. The van der Waals surface area contributed by atoms with Gasteiger partial charge in [0.1, 0.15) is 10.7 Å². The Kier molecular flexibility index (Phi) is 7.52. The number of ether oxygens (including phenoxy) is 1. The number of benzene rings is 1.